The number of aryl methyl sites for hydroxylation is 3. The van der Waals surface area contributed by atoms with E-state index in [1.165, 1.54) is 21.6 Å². The van der Waals surface area contributed by atoms with Crippen LogP contribution in [-0.4, -0.2) is 14.8 Å². The van der Waals surface area contributed by atoms with E-state index in [-0.39, 0.29) is 12.1 Å². The number of hydrogen-bond donors (Lipinski definition) is 1. The maximum absolute atomic E-state index is 4.78. The maximum atomic E-state index is 4.78. The van der Waals surface area contributed by atoms with Crippen molar-refractivity contribution < 1.29 is 0 Å². The van der Waals surface area contributed by atoms with Gasteiger partial charge in [-0.1, -0.05) is 29.8 Å². The molecule has 2 aromatic heterocycles. The van der Waals surface area contributed by atoms with Crippen molar-refractivity contribution in [1.29, 1.82) is 0 Å². The quantitative estimate of drug-likeness (QED) is 0.740. The lowest BCUT2D eigenvalue weighted by molar-refractivity contribution is 0.498. The molecule has 3 rings (SSSR count). The second-order valence-electron chi connectivity index (χ2n) is 6.39. The van der Waals surface area contributed by atoms with Gasteiger partial charge in [0.15, 0.2) is 0 Å². The topological polar surface area (TPSA) is 42.7 Å². The smallest absolute Gasteiger partial charge is 0.123 e. The van der Waals surface area contributed by atoms with Crippen molar-refractivity contribution in [2.75, 3.05) is 0 Å². The summed E-state index contributed by atoms with van der Waals surface area (Å²) in [4.78, 5) is 6.07. The molecule has 0 radical (unpaired) electrons. The summed E-state index contributed by atoms with van der Waals surface area (Å²) >= 11 is 1.77. The first kappa shape index (κ1) is 16.9. The Balaban J connectivity index is 1.77. The van der Waals surface area contributed by atoms with Gasteiger partial charge in [0.1, 0.15) is 5.01 Å². The van der Waals surface area contributed by atoms with E-state index in [9.17, 15) is 0 Å². The van der Waals surface area contributed by atoms with Crippen LogP contribution in [0.15, 0.2) is 36.7 Å². The first-order chi connectivity index (χ1) is 11.4. The highest BCUT2D eigenvalue weighted by Gasteiger charge is 2.18. The highest BCUT2D eigenvalue weighted by atomic mass is 32.1. The van der Waals surface area contributed by atoms with E-state index in [2.05, 4.69) is 68.6 Å². The van der Waals surface area contributed by atoms with E-state index in [0.29, 0.717) is 0 Å². The Morgan fingerprint density at radius 3 is 2.42 bits per heavy atom. The van der Waals surface area contributed by atoms with Crippen LogP contribution < -0.4 is 5.32 Å². The standard InChI is InChI=1S/C19H24N4S/c1-12-6-8-16(9-7-12)19-22-15(4)18(24-19)14(3)21-13(2)17-10-20-23(5)11-17/h6-11,13-14,21H,1-5H3/t13-,14+/m0/s1. The van der Waals surface area contributed by atoms with E-state index in [1.807, 2.05) is 17.9 Å². The molecular weight excluding hydrogens is 316 g/mol. The highest BCUT2D eigenvalue weighted by molar-refractivity contribution is 7.15. The maximum Gasteiger partial charge on any atom is 0.123 e. The van der Waals surface area contributed by atoms with E-state index in [0.717, 1.165) is 10.7 Å². The van der Waals surface area contributed by atoms with Crippen molar-refractivity contribution in [2.24, 2.45) is 7.05 Å². The van der Waals surface area contributed by atoms with Crippen LogP contribution >= 0.6 is 11.3 Å². The Kier molecular flexibility index (Phi) is 4.83. The fourth-order valence-corrected chi connectivity index (χ4v) is 3.92. The normalized spacial score (nSPS) is 13.9. The second kappa shape index (κ2) is 6.87. The Morgan fingerprint density at radius 1 is 1.08 bits per heavy atom. The highest BCUT2D eigenvalue weighted by Crippen LogP contribution is 2.32. The third-order valence-corrected chi connectivity index (χ3v) is 5.64. The molecule has 3 aromatic rings. The molecule has 0 spiro atoms. The number of rotatable bonds is 5. The fraction of sp³-hybridized carbons (Fsp3) is 0.368. The van der Waals surface area contributed by atoms with Crippen LogP contribution in [0.25, 0.3) is 10.6 Å². The number of benzene rings is 1. The zero-order chi connectivity index (χ0) is 17.3. The molecule has 0 unspecified atom stereocenters. The second-order valence-corrected chi connectivity index (χ2v) is 7.42. The van der Waals surface area contributed by atoms with E-state index < -0.39 is 0 Å². The molecule has 2 heterocycles. The van der Waals surface area contributed by atoms with E-state index in [1.54, 1.807) is 11.3 Å². The molecule has 0 aliphatic heterocycles. The minimum Gasteiger partial charge on any atom is -0.303 e. The average Bonchev–Trinajstić information content (AvgIpc) is 3.14. The summed E-state index contributed by atoms with van der Waals surface area (Å²) < 4.78 is 1.84. The molecule has 0 bridgehead atoms. The summed E-state index contributed by atoms with van der Waals surface area (Å²) in [5.41, 5.74) is 4.76. The molecule has 0 saturated heterocycles. The third-order valence-electron chi connectivity index (χ3n) is 4.25. The van der Waals surface area contributed by atoms with Gasteiger partial charge in [-0.15, -0.1) is 11.3 Å². The molecule has 1 N–H and O–H groups in total. The van der Waals surface area contributed by atoms with Crippen LogP contribution in [0, 0.1) is 13.8 Å². The first-order valence-electron chi connectivity index (χ1n) is 8.23. The number of nitrogens with zero attached hydrogens (tertiary/aromatic N) is 3. The molecule has 0 aliphatic rings. The summed E-state index contributed by atoms with van der Waals surface area (Å²) in [6.45, 7) is 8.57. The van der Waals surface area contributed by atoms with Gasteiger partial charge in [-0.2, -0.15) is 5.10 Å². The van der Waals surface area contributed by atoms with Gasteiger partial charge in [-0.3, -0.25) is 4.68 Å². The molecule has 5 heteroatoms. The molecule has 2 atom stereocenters. The molecule has 0 saturated carbocycles. The van der Waals surface area contributed by atoms with Gasteiger partial charge in [-0.05, 0) is 27.7 Å². The lowest BCUT2D eigenvalue weighted by Crippen LogP contribution is -2.22. The van der Waals surface area contributed by atoms with Crippen molar-refractivity contribution in [1.82, 2.24) is 20.1 Å². The monoisotopic (exact) mass is 340 g/mol. The molecule has 0 amide bonds. The predicted octanol–water partition coefficient (Wildman–Crippen LogP) is 4.57. The Morgan fingerprint density at radius 2 is 1.79 bits per heavy atom. The zero-order valence-corrected chi connectivity index (χ0v) is 15.7. The van der Waals surface area contributed by atoms with Gasteiger partial charge >= 0.3 is 0 Å². The van der Waals surface area contributed by atoms with Crippen LogP contribution in [0.2, 0.25) is 0 Å². The van der Waals surface area contributed by atoms with Gasteiger partial charge in [0.05, 0.1) is 11.9 Å². The number of aromatic nitrogens is 3. The third kappa shape index (κ3) is 3.57. The van der Waals surface area contributed by atoms with Crippen LogP contribution in [0.5, 0.6) is 0 Å². The number of thiazole rings is 1. The van der Waals surface area contributed by atoms with Crippen LogP contribution in [0.1, 0.15) is 47.6 Å². The van der Waals surface area contributed by atoms with Crippen molar-refractivity contribution in [2.45, 2.75) is 39.8 Å². The zero-order valence-electron chi connectivity index (χ0n) is 14.9. The van der Waals surface area contributed by atoms with Crippen LogP contribution in [-0.2, 0) is 7.05 Å². The van der Waals surface area contributed by atoms with Gasteiger partial charge in [-0.25, -0.2) is 4.98 Å². The molecule has 24 heavy (non-hydrogen) atoms. The van der Waals surface area contributed by atoms with Gasteiger partial charge in [0.25, 0.3) is 0 Å². The van der Waals surface area contributed by atoms with Crippen LogP contribution in [0.3, 0.4) is 0 Å². The summed E-state index contributed by atoms with van der Waals surface area (Å²) in [5.74, 6) is 0. The minimum atomic E-state index is 0.247. The van der Waals surface area contributed by atoms with Gasteiger partial charge in [0, 0.05) is 41.3 Å². The van der Waals surface area contributed by atoms with Gasteiger partial charge in [0.2, 0.25) is 0 Å². The Labute approximate surface area is 147 Å². The number of nitrogens with one attached hydrogen (secondary N) is 1. The molecular formula is C19H24N4S. The Hall–Kier alpha value is -1.98. The fourth-order valence-electron chi connectivity index (χ4n) is 2.84. The lowest BCUT2D eigenvalue weighted by Gasteiger charge is -2.18. The predicted molar refractivity (Wildman–Crippen MR) is 100 cm³/mol. The van der Waals surface area contributed by atoms with Crippen molar-refractivity contribution >= 4 is 11.3 Å². The number of hydrogen-bond acceptors (Lipinski definition) is 4. The van der Waals surface area contributed by atoms with Crippen molar-refractivity contribution in [3.63, 3.8) is 0 Å². The first-order valence-corrected chi connectivity index (χ1v) is 9.04. The molecule has 0 fully saturated rings. The van der Waals surface area contributed by atoms with E-state index >= 15 is 0 Å². The summed E-state index contributed by atoms with van der Waals surface area (Å²) in [6, 6.07) is 9.06. The van der Waals surface area contributed by atoms with E-state index in [4.69, 9.17) is 4.98 Å². The largest absolute Gasteiger partial charge is 0.303 e. The SMILES string of the molecule is Cc1ccc(-c2nc(C)c([C@@H](C)N[C@@H](C)c3cnn(C)c3)s2)cc1. The molecule has 126 valence electrons. The molecule has 0 aliphatic carbocycles. The van der Waals surface area contributed by atoms with Crippen molar-refractivity contribution in [3.8, 4) is 10.6 Å². The summed E-state index contributed by atoms with van der Waals surface area (Å²) in [6.07, 6.45) is 3.98. The minimum absolute atomic E-state index is 0.247. The van der Waals surface area contributed by atoms with Gasteiger partial charge < -0.3 is 5.32 Å². The average molecular weight is 340 g/mol. The van der Waals surface area contributed by atoms with Crippen LogP contribution in [0.4, 0.5) is 0 Å². The lowest BCUT2D eigenvalue weighted by atomic mass is 10.1. The molecule has 1 aromatic carbocycles. The van der Waals surface area contributed by atoms with Crippen molar-refractivity contribution in [3.05, 3.63) is 58.4 Å². The summed E-state index contributed by atoms with van der Waals surface area (Å²) in [5, 5.41) is 9.00. The molecule has 4 nitrogen and oxygen atoms in total. The Bertz CT molecular complexity index is 816. The summed E-state index contributed by atoms with van der Waals surface area (Å²) in [7, 11) is 1.95.